The molecule has 3 rings (SSSR count). The van der Waals surface area contributed by atoms with Crippen LogP contribution < -0.4 is 5.32 Å². The second-order valence-corrected chi connectivity index (χ2v) is 5.88. The largest absolute Gasteiger partial charge is 0.311 e. The first-order valence-electron chi connectivity index (χ1n) is 7.99. The third kappa shape index (κ3) is 3.50. The molecule has 1 aliphatic carbocycles. The van der Waals surface area contributed by atoms with E-state index in [9.17, 15) is 0 Å². The van der Waals surface area contributed by atoms with E-state index in [0.717, 1.165) is 17.8 Å². The zero-order valence-corrected chi connectivity index (χ0v) is 12.7. The molecule has 0 saturated heterocycles. The molecule has 0 spiro atoms. The topological polar surface area (TPSA) is 42.7 Å². The quantitative estimate of drug-likeness (QED) is 0.916. The van der Waals surface area contributed by atoms with Gasteiger partial charge in [0.25, 0.3) is 0 Å². The minimum absolute atomic E-state index is 0.223. The molecule has 1 N–H and O–H groups in total. The molecule has 0 radical (unpaired) electrons. The minimum Gasteiger partial charge on any atom is -0.311 e. The highest BCUT2D eigenvalue weighted by Crippen LogP contribution is 2.27. The van der Waals surface area contributed by atoms with Gasteiger partial charge in [-0.3, -0.25) is 9.67 Å². The van der Waals surface area contributed by atoms with Crippen LogP contribution in [0.4, 0.5) is 0 Å². The molecular formula is C17H24N4. The van der Waals surface area contributed by atoms with Crippen molar-refractivity contribution in [3.63, 3.8) is 0 Å². The lowest BCUT2D eigenvalue weighted by atomic mass is 9.96. The lowest BCUT2D eigenvalue weighted by molar-refractivity contribution is 0.327. The van der Waals surface area contributed by atoms with E-state index in [0.29, 0.717) is 6.04 Å². The first-order chi connectivity index (χ1) is 10.4. The van der Waals surface area contributed by atoms with Gasteiger partial charge in [0.1, 0.15) is 0 Å². The summed E-state index contributed by atoms with van der Waals surface area (Å²) in [4.78, 5) is 4.45. The zero-order chi connectivity index (χ0) is 14.5. The highest BCUT2D eigenvalue weighted by Gasteiger charge is 2.17. The summed E-state index contributed by atoms with van der Waals surface area (Å²) in [6.07, 6.45) is 11.5. The van der Waals surface area contributed by atoms with Gasteiger partial charge in [-0.15, -0.1) is 0 Å². The van der Waals surface area contributed by atoms with E-state index in [-0.39, 0.29) is 6.04 Å². The molecule has 4 nitrogen and oxygen atoms in total. The van der Waals surface area contributed by atoms with E-state index in [1.807, 2.05) is 25.4 Å². The van der Waals surface area contributed by atoms with E-state index in [1.165, 1.54) is 32.1 Å². The highest BCUT2D eigenvalue weighted by molar-refractivity contribution is 5.13. The van der Waals surface area contributed by atoms with Crippen LogP contribution in [0.25, 0.3) is 0 Å². The third-order valence-electron chi connectivity index (χ3n) is 4.42. The van der Waals surface area contributed by atoms with Crippen molar-refractivity contribution in [2.75, 3.05) is 7.05 Å². The molecule has 1 atom stereocenters. The van der Waals surface area contributed by atoms with Gasteiger partial charge in [-0.1, -0.05) is 25.3 Å². The maximum Gasteiger partial charge on any atom is 0.0644 e. The molecule has 1 aliphatic rings. The normalized spacial score (nSPS) is 17.8. The van der Waals surface area contributed by atoms with Crippen molar-refractivity contribution in [1.82, 2.24) is 20.1 Å². The van der Waals surface area contributed by atoms with Gasteiger partial charge in [-0.25, -0.2) is 0 Å². The fourth-order valence-electron chi connectivity index (χ4n) is 3.18. The number of nitrogens with one attached hydrogen (secondary N) is 1. The van der Waals surface area contributed by atoms with Gasteiger partial charge in [-0.2, -0.15) is 5.10 Å². The fourth-order valence-corrected chi connectivity index (χ4v) is 3.18. The first-order valence-corrected chi connectivity index (χ1v) is 7.99. The number of pyridine rings is 1. The second kappa shape index (κ2) is 6.85. The van der Waals surface area contributed by atoms with E-state index in [4.69, 9.17) is 5.10 Å². The minimum atomic E-state index is 0.223. The summed E-state index contributed by atoms with van der Waals surface area (Å²) in [5.74, 6) is 0. The number of hydrogen-bond donors (Lipinski definition) is 1. The summed E-state index contributed by atoms with van der Waals surface area (Å²) in [7, 11) is 1.98. The first kappa shape index (κ1) is 14.3. The molecule has 1 saturated carbocycles. The fraction of sp³-hybridized carbons (Fsp3) is 0.529. The summed E-state index contributed by atoms with van der Waals surface area (Å²) >= 11 is 0. The Morgan fingerprint density at radius 1 is 1.24 bits per heavy atom. The van der Waals surface area contributed by atoms with Crippen LogP contribution in [-0.2, 0) is 6.42 Å². The Kier molecular flexibility index (Phi) is 4.65. The Hall–Kier alpha value is -1.68. The van der Waals surface area contributed by atoms with Crippen molar-refractivity contribution < 1.29 is 0 Å². The van der Waals surface area contributed by atoms with Gasteiger partial charge in [0.2, 0.25) is 0 Å². The van der Waals surface area contributed by atoms with E-state index >= 15 is 0 Å². The van der Waals surface area contributed by atoms with Crippen molar-refractivity contribution in [1.29, 1.82) is 0 Å². The Labute approximate surface area is 126 Å². The summed E-state index contributed by atoms with van der Waals surface area (Å²) in [6, 6.07) is 9.04. The number of aromatic nitrogens is 3. The maximum atomic E-state index is 4.80. The molecule has 2 aromatic heterocycles. The Balaban J connectivity index is 1.68. The maximum absolute atomic E-state index is 4.80. The van der Waals surface area contributed by atoms with Gasteiger partial charge >= 0.3 is 0 Å². The van der Waals surface area contributed by atoms with Crippen LogP contribution in [0, 0.1) is 0 Å². The number of rotatable bonds is 5. The molecule has 0 aliphatic heterocycles. The molecule has 4 heteroatoms. The standard InChI is InChI=1S/C17H24N4/c1-18-17(16-9-5-6-11-19-16)13-14-10-12-21(20-14)15-7-3-2-4-8-15/h5-6,9-12,15,17-18H,2-4,7-8,13H2,1H3. The van der Waals surface area contributed by atoms with Crippen LogP contribution in [0.5, 0.6) is 0 Å². The van der Waals surface area contributed by atoms with Crippen molar-refractivity contribution >= 4 is 0 Å². The van der Waals surface area contributed by atoms with Gasteiger partial charge < -0.3 is 5.32 Å². The van der Waals surface area contributed by atoms with Gasteiger partial charge in [-0.05, 0) is 38.1 Å². The SMILES string of the molecule is CNC(Cc1ccn(C2CCCCC2)n1)c1ccccn1. The molecule has 112 valence electrons. The summed E-state index contributed by atoms with van der Waals surface area (Å²) < 4.78 is 2.18. The highest BCUT2D eigenvalue weighted by atomic mass is 15.3. The summed E-state index contributed by atoms with van der Waals surface area (Å²) in [5.41, 5.74) is 2.22. The van der Waals surface area contributed by atoms with Crippen LogP contribution in [0.2, 0.25) is 0 Å². The van der Waals surface area contributed by atoms with Gasteiger partial charge in [0.15, 0.2) is 0 Å². The average Bonchev–Trinajstić information content (AvgIpc) is 3.03. The lowest BCUT2D eigenvalue weighted by Crippen LogP contribution is -2.20. The Morgan fingerprint density at radius 2 is 2.10 bits per heavy atom. The van der Waals surface area contributed by atoms with Crippen molar-refractivity contribution in [2.45, 2.75) is 50.6 Å². The van der Waals surface area contributed by atoms with Crippen molar-refractivity contribution in [3.05, 3.63) is 48.0 Å². The van der Waals surface area contributed by atoms with Crippen molar-refractivity contribution in [2.24, 2.45) is 0 Å². The van der Waals surface area contributed by atoms with Crippen LogP contribution in [0.3, 0.4) is 0 Å². The van der Waals surface area contributed by atoms with Crippen LogP contribution >= 0.6 is 0 Å². The predicted octanol–water partition coefficient (Wildman–Crippen LogP) is 3.29. The number of hydrogen-bond acceptors (Lipinski definition) is 3. The number of nitrogens with zero attached hydrogens (tertiary/aromatic N) is 3. The summed E-state index contributed by atoms with van der Waals surface area (Å²) in [5, 5.41) is 8.14. The predicted molar refractivity (Wildman–Crippen MR) is 84.1 cm³/mol. The lowest BCUT2D eigenvalue weighted by Gasteiger charge is -2.22. The molecule has 0 bridgehead atoms. The molecule has 0 aromatic carbocycles. The van der Waals surface area contributed by atoms with Crippen LogP contribution in [0.15, 0.2) is 36.7 Å². The van der Waals surface area contributed by atoms with E-state index in [2.05, 4.69) is 33.3 Å². The molecule has 2 heterocycles. The third-order valence-corrected chi connectivity index (χ3v) is 4.42. The molecular weight excluding hydrogens is 260 g/mol. The van der Waals surface area contributed by atoms with E-state index in [1.54, 1.807) is 0 Å². The Bertz CT molecular complexity index is 543. The van der Waals surface area contributed by atoms with Crippen LogP contribution in [-0.4, -0.2) is 21.8 Å². The van der Waals surface area contributed by atoms with Gasteiger partial charge in [0, 0.05) is 18.8 Å². The van der Waals surface area contributed by atoms with Gasteiger partial charge in [0.05, 0.1) is 23.5 Å². The number of likely N-dealkylation sites (N-methyl/N-ethyl adjacent to an activating group) is 1. The van der Waals surface area contributed by atoms with E-state index < -0.39 is 0 Å². The molecule has 21 heavy (non-hydrogen) atoms. The monoisotopic (exact) mass is 284 g/mol. The molecule has 1 unspecified atom stereocenters. The smallest absolute Gasteiger partial charge is 0.0644 e. The molecule has 0 amide bonds. The van der Waals surface area contributed by atoms with Crippen molar-refractivity contribution in [3.8, 4) is 0 Å². The molecule has 2 aromatic rings. The molecule has 1 fully saturated rings. The zero-order valence-electron chi connectivity index (χ0n) is 12.7. The second-order valence-electron chi connectivity index (χ2n) is 5.88. The summed E-state index contributed by atoms with van der Waals surface area (Å²) in [6.45, 7) is 0. The average molecular weight is 284 g/mol. The Morgan fingerprint density at radius 3 is 2.81 bits per heavy atom. The van der Waals surface area contributed by atoms with Crippen LogP contribution in [0.1, 0.15) is 55.6 Å².